The smallest absolute Gasteiger partial charge is 0.252 e. The zero-order valence-electron chi connectivity index (χ0n) is 19.1. The predicted octanol–water partition coefficient (Wildman–Crippen LogP) is 2.92. The van der Waals surface area contributed by atoms with Gasteiger partial charge in [-0.1, -0.05) is 29.4 Å². The first-order valence-electron chi connectivity index (χ1n) is 11.2. The second-order valence-electron chi connectivity index (χ2n) is 9.12. The Hall–Kier alpha value is -3.51. The third-order valence-corrected chi connectivity index (χ3v) is 8.17. The molecule has 1 unspecified atom stereocenters. The monoisotopic (exact) mass is 516 g/mol. The van der Waals surface area contributed by atoms with Crippen LogP contribution >= 0.6 is 0 Å². The van der Waals surface area contributed by atoms with Gasteiger partial charge in [0.05, 0.1) is 28.9 Å². The number of rotatable bonds is 6. The van der Waals surface area contributed by atoms with Crippen LogP contribution < -0.4 is 10.6 Å². The van der Waals surface area contributed by atoms with Crippen LogP contribution in [0.25, 0.3) is 11.4 Å². The molecule has 0 spiro atoms. The molecule has 1 aliphatic heterocycles. The zero-order valence-corrected chi connectivity index (χ0v) is 20.0. The number of alkyl halides is 2. The Balaban J connectivity index is 1.49. The molecule has 1 saturated carbocycles. The first kappa shape index (κ1) is 24.2. The minimum Gasteiger partial charge on any atom is -0.339 e. The number of hydrogen-bond donors (Lipinski definition) is 1. The maximum atomic E-state index is 13.3. The van der Waals surface area contributed by atoms with E-state index in [1.165, 1.54) is 23.1 Å². The van der Waals surface area contributed by atoms with Gasteiger partial charge in [0.15, 0.2) is 15.6 Å². The SMILES string of the molecule is Cc1nc(-c2ccc(CN3C(=O)[C@@H](N)CS(=O)(=O)c4ccc(C(=O)CC5CC5(F)F)cc43)cc2)no1. The summed E-state index contributed by atoms with van der Waals surface area (Å²) in [5.74, 6) is -4.84. The van der Waals surface area contributed by atoms with E-state index in [2.05, 4.69) is 10.1 Å². The lowest BCUT2D eigenvalue weighted by molar-refractivity contribution is -0.119. The van der Waals surface area contributed by atoms with E-state index in [-0.39, 0.29) is 35.5 Å². The molecule has 12 heteroatoms. The van der Waals surface area contributed by atoms with Gasteiger partial charge in [-0.2, -0.15) is 4.98 Å². The number of aryl methyl sites for hydroxylation is 1. The lowest BCUT2D eigenvalue weighted by Crippen LogP contribution is -2.45. The van der Waals surface area contributed by atoms with Gasteiger partial charge in [-0.05, 0) is 23.8 Å². The van der Waals surface area contributed by atoms with Crippen molar-refractivity contribution in [2.75, 3.05) is 10.7 Å². The number of nitrogens with zero attached hydrogens (tertiary/aromatic N) is 3. The van der Waals surface area contributed by atoms with Gasteiger partial charge in [-0.25, -0.2) is 17.2 Å². The number of ketones is 1. The molecule has 2 N–H and O–H groups in total. The number of nitrogens with two attached hydrogens (primary N) is 1. The Kier molecular flexibility index (Phi) is 5.75. The number of halogens is 2. The van der Waals surface area contributed by atoms with Gasteiger partial charge in [0, 0.05) is 36.8 Å². The van der Waals surface area contributed by atoms with Gasteiger partial charge in [0.2, 0.25) is 17.6 Å². The normalized spacial score (nSPS) is 22.1. The van der Waals surface area contributed by atoms with E-state index in [0.717, 1.165) is 0 Å². The van der Waals surface area contributed by atoms with Crippen LogP contribution in [-0.2, 0) is 21.2 Å². The molecule has 1 fully saturated rings. The summed E-state index contributed by atoms with van der Waals surface area (Å²) in [6.45, 7) is 1.64. The van der Waals surface area contributed by atoms with Crippen molar-refractivity contribution in [3.8, 4) is 11.4 Å². The molecule has 0 bridgehead atoms. The molecule has 1 aliphatic carbocycles. The quantitative estimate of drug-likeness (QED) is 0.494. The Labute approximate surface area is 205 Å². The summed E-state index contributed by atoms with van der Waals surface area (Å²) in [5.41, 5.74) is 7.33. The molecule has 1 amide bonds. The van der Waals surface area contributed by atoms with Crippen LogP contribution in [0, 0.1) is 12.8 Å². The number of sulfone groups is 1. The number of benzene rings is 2. The Morgan fingerprint density at radius 2 is 1.92 bits per heavy atom. The molecule has 0 saturated heterocycles. The molecule has 9 nitrogen and oxygen atoms in total. The van der Waals surface area contributed by atoms with Crippen molar-refractivity contribution in [1.82, 2.24) is 10.1 Å². The molecule has 2 aromatic carbocycles. The van der Waals surface area contributed by atoms with Crippen LogP contribution in [0.5, 0.6) is 0 Å². The third kappa shape index (κ3) is 4.53. The van der Waals surface area contributed by atoms with E-state index in [9.17, 15) is 26.8 Å². The number of anilines is 1. The second kappa shape index (κ2) is 8.56. The summed E-state index contributed by atoms with van der Waals surface area (Å²) in [6.07, 6.45) is -0.708. The van der Waals surface area contributed by atoms with E-state index in [1.54, 1.807) is 31.2 Å². The molecule has 2 atom stereocenters. The fourth-order valence-corrected chi connectivity index (χ4v) is 5.79. The average Bonchev–Trinajstić information content (AvgIpc) is 3.21. The van der Waals surface area contributed by atoms with Crippen LogP contribution in [0.3, 0.4) is 0 Å². The molecule has 5 rings (SSSR count). The van der Waals surface area contributed by atoms with Gasteiger partial charge >= 0.3 is 0 Å². The highest BCUT2D eigenvalue weighted by molar-refractivity contribution is 7.91. The van der Waals surface area contributed by atoms with Crippen LogP contribution in [-0.4, -0.2) is 48.0 Å². The highest BCUT2D eigenvalue weighted by Gasteiger charge is 2.57. The number of Topliss-reactive ketones (excluding diaryl/α,β-unsaturated/α-hetero) is 1. The molecule has 188 valence electrons. The second-order valence-corrected chi connectivity index (χ2v) is 11.1. The van der Waals surface area contributed by atoms with Crippen molar-refractivity contribution in [2.45, 2.75) is 43.2 Å². The molecule has 3 aromatic rings. The predicted molar refractivity (Wildman–Crippen MR) is 124 cm³/mol. The van der Waals surface area contributed by atoms with E-state index < -0.39 is 45.2 Å². The lowest BCUT2D eigenvalue weighted by atomic mass is 10.0. The van der Waals surface area contributed by atoms with E-state index in [1.807, 2.05) is 0 Å². The van der Waals surface area contributed by atoms with Gasteiger partial charge in [-0.15, -0.1) is 0 Å². The minimum absolute atomic E-state index is 0.000716. The van der Waals surface area contributed by atoms with Crippen molar-refractivity contribution in [2.24, 2.45) is 11.7 Å². The molecule has 1 aromatic heterocycles. The summed E-state index contributed by atoms with van der Waals surface area (Å²) in [7, 11) is -3.94. The van der Waals surface area contributed by atoms with Gasteiger partial charge < -0.3 is 15.2 Å². The summed E-state index contributed by atoms with van der Waals surface area (Å²) >= 11 is 0. The molecular weight excluding hydrogens is 494 g/mol. The van der Waals surface area contributed by atoms with E-state index in [4.69, 9.17) is 10.3 Å². The first-order chi connectivity index (χ1) is 16.9. The maximum Gasteiger partial charge on any atom is 0.252 e. The topological polar surface area (TPSA) is 136 Å². The number of carbonyl (C=O) groups is 2. The minimum atomic E-state index is -3.94. The zero-order chi connectivity index (χ0) is 25.8. The fourth-order valence-electron chi connectivity index (χ4n) is 4.24. The Bertz CT molecular complexity index is 1470. The largest absolute Gasteiger partial charge is 0.339 e. The fraction of sp³-hybridized carbons (Fsp3) is 0.333. The summed E-state index contributed by atoms with van der Waals surface area (Å²) in [5, 5.41) is 3.86. The van der Waals surface area contributed by atoms with E-state index >= 15 is 0 Å². The first-order valence-corrected chi connectivity index (χ1v) is 12.8. The van der Waals surface area contributed by atoms with Crippen molar-refractivity contribution >= 4 is 27.2 Å². The molecule has 0 radical (unpaired) electrons. The van der Waals surface area contributed by atoms with Gasteiger partial charge in [0.25, 0.3) is 5.92 Å². The number of aromatic nitrogens is 2. The molecular formula is C24H22F2N4O5S. The average molecular weight is 517 g/mol. The highest BCUT2D eigenvalue weighted by atomic mass is 32.2. The maximum absolute atomic E-state index is 13.3. The van der Waals surface area contributed by atoms with Gasteiger partial charge in [0.1, 0.15) is 0 Å². The summed E-state index contributed by atoms with van der Waals surface area (Å²) in [4.78, 5) is 31.1. The van der Waals surface area contributed by atoms with Crippen LogP contribution in [0.15, 0.2) is 51.9 Å². The molecule has 2 aliphatic rings. The molecule has 2 heterocycles. The van der Waals surface area contributed by atoms with Gasteiger partial charge in [-0.3, -0.25) is 9.59 Å². The van der Waals surface area contributed by atoms with Crippen molar-refractivity contribution in [1.29, 1.82) is 0 Å². The summed E-state index contributed by atoms with van der Waals surface area (Å²) in [6, 6.07) is 9.41. The van der Waals surface area contributed by atoms with Crippen molar-refractivity contribution < 1.29 is 31.3 Å². The number of carbonyl (C=O) groups excluding carboxylic acids is 2. The third-order valence-electron chi connectivity index (χ3n) is 6.36. The molecule has 36 heavy (non-hydrogen) atoms. The van der Waals surface area contributed by atoms with Crippen molar-refractivity contribution in [3.05, 3.63) is 59.5 Å². The Morgan fingerprint density at radius 3 is 2.53 bits per heavy atom. The van der Waals surface area contributed by atoms with E-state index in [0.29, 0.717) is 22.8 Å². The van der Waals surface area contributed by atoms with Crippen molar-refractivity contribution in [3.63, 3.8) is 0 Å². The standard InChI is InChI=1S/C24H22F2N4O5S/c1-13-28-22(29-35-13)15-4-2-14(3-5-15)11-30-19-8-16(20(31)9-17-10-24(17,25)26)6-7-21(19)36(33,34)12-18(27)23(30)32/h2-8,17-18H,9-12,27H2,1H3/t17?,18-/m0/s1. The van der Waals surface area contributed by atoms with Crippen LogP contribution in [0.2, 0.25) is 0 Å². The number of fused-ring (bicyclic) bond motifs is 1. The summed E-state index contributed by atoms with van der Waals surface area (Å²) < 4.78 is 57.5. The Morgan fingerprint density at radius 1 is 1.22 bits per heavy atom. The number of hydrogen-bond acceptors (Lipinski definition) is 8. The van der Waals surface area contributed by atoms with Crippen LogP contribution in [0.1, 0.15) is 34.7 Å². The lowest BCUT2D eigenvalue weighted by Gasteiger charge is -2.24. The number of amides is 1. The highest BCUT2D eigenvalue weighted by Crippen LogP contribution is 2.51. The van der Waals surface area contributed by atoms with Crippen LogP contribution in [0.4, 0.5) is 14.5 Å².